The summed E-state index contributed by atoms with van der Waals surface area (Å²) in [7, 11) is 1.61. The first-order chi connectivity index (χ1) is 6.19. The van der Waals surface area contributed by atoms with Gasteiger partial charge in [0.05, 0.1) is 11.6 Å². The van der Waals surface area contributed by atoms with Gasteiger partial charge in [-0.15, -0.1) is 0 Å². The molecule has 0 amide bonds. The Bertz CT molecular complexity index is 310. The van der Waals surface area contributed by atoms with Gasteiger partial charge in [-0.2, -0.15) is 0 Å². The lowest BCUT2D eigenvalue weighted by Crippen LogP contribution is -1.94. The Labute approximate surface area is 86.0 Å². The molecule has 0 saturated heterocycles. The molecule has 13 heavy (non-hydrogen) atoms. The fraction of sp³-hybridized carbons (Fsp3) is 0.300. The number of carbonyl (C=O) groups is 1. The van der Waals surface area contributed by atoms with E-state index in [1.165, 1.54) is 0 Å². The highest BCUT2D eigenvalue weighted by atomic mass is 79.9. The van der Waals surface area contributed by atoms with E-state index in [-0.39, 0.29) is 5.92 Å². The zero-order valence-electron chi connectivity index (χ0n) is 7.58. The van der Waals surface area contributed by atoms with Gasteiger partial charge in [0.15, 0.2) is 0 Å². The molecule has 0 N–H and O–H groups in total. The van der Waals surface area contributed by atoms with Gasteiger partial charge in [-0.3, -0.25) is 0 Å². The van der Waals surface area contributed by atoms with Crippen molar-refractivity contribution in [3.05, 3.63) is 28.2 Å². The first kappa shape index (κ1) is 10.3. The zero-order valence-corrected chi connectivity index (χ0v) is 9.17. The summed E-state index contributed by atoms with van der Waals surface area (Å²) in [6.07, 6.45) is 0.925. The van der Waals surface area contributed by atoms with E-state index in [0.29, 0.717) is 0 Å². The van der Waals surface area contributed by atoms with E-state index in [9.17, 15) is 4.79 Å². The lowest BCUT2D eigenvalue weighted by Gasteiger charge is -2.07. The highest BCUT2D eigenvalue weighted by Gasteiger charge is 2.06. The normalized spacial score (nSPS) is 12.2. The number of carbonyl (C=O) groups excluding carboxylic acids is 1. The zero-order chi connectivity index (χ0) is 9.84. The summed E-state index contributed by atoms with van der Waals surface area (Å²) in [6.45, 7) is 1.86. The standard InChI is InChI=1S/C10H11BrO2/c1-7(6-12)8-3-4-10(13-2)9(11)5-8/h3-7H,1-2H3. The van der Waals surface area contributed by atoms with Gasteiger partial charge < -0.3 is 9.53 Å². The Hall–Kier alpha value is -0.830. The number of rotatable bonds is 3. The number of hydrogen-bond acceptors (Lipinski definition) is 2. The van der Waals surface area contributed by atoms with Gasteiger partial charge >= 0.3 is 0 Å². The van der Waals surface area contributed by atoms with Crippen LogP contribution in [0.4, 0.5) is 0 Å². The van der Waals surface area contributed by atoms with E-state index in [4.69, 9.17) is 4.74 Å². The van der Waals surface area contributed by atoms with Crippen LogP contribution in [-0.4, -0.2) is 13.4 Å². The summed E-state index contributed by atoms with van der Waals surface area (Å²) in [6, 6.07) is 5.64. The van der Waals surface area contributed by atoms with Crippen molar-refractivity contribution in [1.82, 2.24) is 0 Å². The average Bonchev–Trinajstić information content (AvgIpc) is 2.16. The minimum Gasteiger partial charge on any atom is -0.496 e. The van der Waals surface area contributed by atoms with Crippen molar-refractivity contribution in [3.8, 4) is 5.75 Å². The summed E-state index contributed by atoms with van der Waals surface area (Å²) in [5, 5.41) is 0. The molecule has 1 atom stereocenters. The molecule has 0 heterocycles. The van der Waals surface area contributed by atoms with E-state index in [0.717, 1.165) is 22.1 Å². The number of ether oxygens (including phenoxy) is 1. The maximum atomic E-state index is 10.5. The predicted octanol–water partition coefficient (Wildman–Crippen LogP) is 2.76. The molecule has 0 bridgehead atoms. The lowest BCUT2D eigenvalue weighted by atomic mass is 10.0. The van der Waals surface area contributed by atoms with Gasteiger partial charge in [0.25, 0.3) is 0 Å². The Morgan fingerprint density at radius 1 is 1.54 bits per heavy atom. The third kappa shape index (κ3) is 2.31. The van der Waals surface area contributed by atoms with Crippen molar-refractivity contribution in [2.24, 2.45) is 0 Å². The fourth-order valence-corrected chi connectivity index (χ4v) is 1.60. The van der Waals surface area contributed by atoms with Gasteiger partial charge in [-0.25, -0.2) is 0 Å². The number of methoxy groups -OCH3 is 1. The van der Waals surface area contributed by atoms with E-state index < -0.39 is 0 Å². The molecular formula is C10H11BrO2. The molecule has 0 saturated carbocycles. The molecule has 0 radical (unpaired) electrons. The molecule has 0 aliphatic rings. The third-order valence-corrected chi connectivity index (χ3v) is 2.53. The van der Waals surface area contributed by atoms with E-state index in [1.807, 2.05) is 25.1 Å². The molecule has 1 aromatic rings. The predicted molar refractivity (Wildman–Crippen MR) is 55.2 cm³/mol. The summed E-state index contributed by atoms with van der Waals surface area (Å²) in [4.78, 5) is 10.5. The minimum atomic E-state index is -0.0674. The molecule has 2 nitrogen and oxygen atoms in total. The maximum Gasteiger partial charge on any atom is 0.133 e. The van der Waals surface area contributed by atoms with Crippen LogP contribution in [0.25, 0.3) is 0 Å². The number of halogens is 1. The highest BCUT2D eigenvalue weighted by Crippen LogP contribution is 2.27. The Morgan fingerprint density at radius 2 is 2.23 bits per heavy atom. The van der Waals surface area contributed by atoms with Crippen LogP contribution in [0.2, 0.25) is 0 Å². The van der Waals surface area contributed by atoms with Crippen molar-refractivity contribution in [3.63, 3.8) is 0 Å². The Morgan fingerprint density at radius 3 is 2.69 bits per heavy atom. The van der Waals surface area contributed by atoms with Crippen LogP contribution in [0.5, 0.6) is 5.75 Å². The summed E-state index contributed by atoms with van der Waals surface area (Å²) >= 11 is 3.36. The van der Waals surface area contributed by atoms with Gasteiger partial charge in [0.2, 0.25) is 0 Å². The van der Waals surface area contributed by atoms with Crippen LogP contribution in [0.15, 0.2) is 22.7 Å². The first-order valence-corrected chi connectivity index (χ1v) is 4.77. The van der Waals surface area contributed by atoms with Crippen molar-refractivity contribution < 1.29 is 9.53 Å². The largest absolute Gasteiger partial charge is 0.496 e. The minimum absolute atomic E-state index is 0.0674. The molecule has 1 rings (SSSR count). The SMILES string of the molecule is COc1ccc(C(C)C=O)cc1Br. The van der Waals surface area contributed by atoms with Crippen LogP contribution < -0.4 is 4.74 Å². The summed E-state index contributed by atoms with van der Waals surface area (Å²) in [5.41, 5.74) is 0.989. The number of aldehydes is 1. The van der Waals surface area contributed by atoms with Crippen LogP contribution in [-0.2, 0) is 4.79 Å². The first-order valence-electron chi connectivity index (χ1n) is 3.97. The second-order valence-electron chi connectivity index (χ2n) is 2.82. The van der Waals surface area contributed by atoms with Crippen LogP contribution in [0, 0.1) is 0 Å². The quantitative estimate of drug-likeness (QED) is 0.763. The van der Waals surface area contributed by atoms with Crippen molar-refractivity contribution >= 4 is 22.2 Å². The second kappa shape index (κ2) is 4.42. The number of benzene rings is 1. The molecule has 0 aliphatic carbocycles. The summed E-state index contributed by atoms with van der Waals surface area (Å²) in [5.74, 6) is 0.712. The third-order valence-electron chi connectivity index (χ3n) is 1.91. The average molecular weight is 243 g/mol. The molecule has 3 heteroatoms. The number of hydrogen-bond donors (Lipinski definition) is 0. The van der Waals surface area contributed by atoms with Crippen molar-refractivity contribution in [2.75, 3.05) is 7.11 Å². The van der Waals surface area contributed by atoms with Crippen LogP contribution >= 0.6 is 15.9 Å². The van der Waals surface area contributed by atoms with E-state index in [2.05, 4.69) is 15.9 Å². The van der Waals surface area contributed by atoms with Crippen molar-refractivity contribution in [2.45, 2.75) is 12.8 Å². The molecular weight excluding hydrogens is 232 g/mol. The smallest absolute Gasteiger partial charge is 0.133 e. The molecule has 0 spiro atoms. The van der Waals surface area contributed by atoms with E-state index >= 15 is 0 Å². The lowest BCUT2D eigenvalue weighted by molar-refractivity contribution is -0.108. The van der Waals surface area contributed by atoms with Crippen LogP contribution in [0.1, 0.15) is 18.4 Å². The van der Waals surface area contributed by atoms with Crippen LogP contribution in [0.3, 0.4) is 0 Å². The Balaban J connectivity index is 3.02. The second-order valence-corrected chi connectivity index (χ2v) is 3.67. The summed E-state index contributed by atoms with van der Waals surface area (Å²) < 4.78 is 5.95. The Kier molecular flexibility index (Phi) is 3.48. The molecule has 1 aromatic carbocycles. The fourth-order valence-electron chi connectivity index (χ4n) is 1.04. The molecule has 0 aromatic heterocycles. The van der Waals surface area contributed by atoms with Gasteiger partial charge in [-0.1, -0.05) is 13.0 Å². The molecule has 70 valence electrons. The molecule has 0 fully saturated rings. The van der Waals surface area contributed by atoms with Gasteiger partial charge in [-0.05, 0) is 33.6 Å². The molecule has 1 unspecified atom stereocenters. The highest BCUT2D eigenvalue weighted by molar-refractivity contribution is 9.10. The van der Waals surface area contributed by atoms with Gasteiger partial charge in [0, 0.05) is 5.92 Å². The topological polar surface area (TPSA) is 26.3 Å². The maximum absolute atomic E-state index is 10.5. The van der Waals surface area contributed by atoms with E-state index in [1.54, 1.807) is 7.11 Å². The van der Waals surface area contributed by atoms with Crippen molar-refractivity contribution in [1.29, 1.82) is 0 Å². The monoisotopic (exact) mass is 242 g/mol. The van der Waals surface area contributed by atoms with Gasteiger partial charge in [0.1, 0.15) is 12.0 Å². The molecule has 0 aliphatic heterocycles.